The summed E-state index contributed by atoms with van der Waals surface area (Å²) in [5, 5.41) is 0. The van der Waals surface area contributed by atoms with Gasteiger partial charge >= 0.3 is 0 Å². The molecule has 0 bridgehead atoms. The summed E-state index contributed by atoms with van der Waals surface area (Å²) in [7, 11) is 0. The molecule has 3 rings (SSSR count). The molecule has 2 aromatic carbocycles. The lowest BCUT2D eigenvalue weighted by Gasteiger charge is -2.21. The molecule has 0 saturated carbocycles. The molecule has 2 aromatic rings. The van der Waals surface area contributed by atoms with E-state index in [0.717, 1.165) is 25.9 Å². The summed E-state index contributed by atoms with van der Waals surface area (Å²) in [5.74, 6) is 0.605. The van der Waals surface area contributed by atoms with Crippen LogP contribution in [0.1, 0.15) is 26.3 Å². The lowest BCUT2D eigenvalue weighted by atomic mass is 9.88. The molecule has 0 radical (unpaired) electrons. The topological polar surface area (TPSA) is 34.0 Å². The predicted molar refractivity (Wildman–Crippen MR) is 111 cm³/mol. The SMILES string of the molecule is CC(C)(C)[C@H]1COC(/C(=N/c2c(Br)cccc2Br)c2ccccc2)=N1. The van der Waals surface area contributed by atoms with E-state index in [0.29, 0.717) is 12.5 Å². The number of benzene rings is 2. The van der Waals surface area contributed by atoms with Gasteiger partial charge < -0.3 is 4.74 Å². The molecule has 0 aromatic heterocycles. The second-order valence-electron chi connectivity index (χ2n) is 7.02. The molecule has 0 N–H and O–H groups in total. The molecule has 1 aliphatic heterocycles. The van der Waals surface area contributed by atoms with Gasteiger partial charge in [0.15, 0.2) is 0 Å². The Hall–Kier alpha value is -1.46. The normalized spacial score (nSPS) is 18.0. The molecule has 1 atom stereocenters. The van der Waals surface area contributed by atoms with Crippen molar-refractivity contribution < 1.29 is 4.74 Å². The average Bonchev–Trinajstić information content (AvgIpc) is 3.05. The Morgan fingerprint density at radius 2 is 1.68 bits per heavy atom. The summed E-state index contributed by atoms with van der Waals surface area (Å²) in [6.45, 7) is 7.12. The summed E-state index contributed by atoms with van der Waals surface area (Å²) in [4.78, 5) is 9.72. The van der Waals surface area contributed by atoms with E-state index in [4.69, 9.17) is 14.7 Å². The second-order valence-corrected chi connectivity index (χ2v) is 8.73. The zero-order chi connectivity index (χ0) is 18.0. The number of para-hydroxylation sites is 1. The molecule has 0 saturated heterocycles. The van der Waals surface area contributed by atoms with Crippen LogP contribution in [0, 0.1) is 5.41 Å². The Labute approximate surface area is 165 Å². The first-order chi connectivity index (χ1) is 11.9. The van der Waals surface area contributed by atoms with E-state index in [9.17, 15) is 0 Å². The summed E-state index contributed by atoms with van der Waals surface area (Å²) in [5.41, 5.74) is 2.61. The van der Waals surface area contributed by atoms with Crippen LogP contribution in [-0.4, -0.2) is 24.3 Å². The summed E-state index contributed by atoms with van der Waals surface area (Å²) in [6.07, 6.45) is 0. The Balaban J connectivity index is 2.11. The van der Waals surface area contributed by atoms with Gasteiger partial charge in [0.05, 0.1) is 11.7 Å². The molecule has 0 amide bonds. The number of hydrogen-bond acceptors (Lipinski definition) is 3. The van der Waals surface area contributed by atoms with Gasteiger partial charge in [0.1, 0.15) is 12.3 Å². The molecular formula is C20H20Br2N2O. The first kappa shape index (κ1) is 18.3. The van der Waals surface area contributed by atoms with Gasteiger partial charge in [0, 0.05) is 14.5 Å². The quantitative estimate of drug-likeness (QED) is 0.500. The van der Waals surface area contributed by atoms with Crippen molar-refractivity contribution in [1.29, 1.82) is 0 Å². The van der Waals surface area contributed by atoms with Crippen LogP contribution in [0.15, 0.2) is 67.5 Å². The van der Waals surface area contributed by atoms with Crippen LogP contribution in [0.2, 0.25) is 0 Å². The average molecular weight is 464 g/mol. The molecule has 0 unspecified atom stereocenters. The van der Waals surface area contributed by atoms with Crippen molar-refractivity contribution in [3.8, 4) is 0 Å². The highest BCUT2D eigenvalue weighted by atomic mass is 79.9. The standard InChI is InChI=1S/C20H20Br2N2O/c1-20(2,3)16-12-25-19(23-16)17(13-8-5-4-6-9-13)24-18-14(21)10-7-11-15(18)22/h4-11,16H,12H2,1-3H3/b24-17+/t16-/m1/s1. The minimum atomic E-state index is 0.0530. The van der Waals surface area contributed by atoms with Crippen molar-refractivity contribution in [2.45, 2.75) is 26.8 Å². The zero-order valence-electron chi connectivity index (χ0n) is 14.5. The highest BCUT2D eigenvalue weighted by Gasteiger charge is 2.32. The maximum absolute atomic E-state index is 5.95. The van der Waals surface area contributed by atoms with Gasteiger partial charge in [-0.1, -0.05) is 57.2 Å². The first-order valence-electron chi connectivity index (χ1n) is 8.15. The highest BCUT2D eigenvalue weighted by Crippen LogP contribution is 2.34. The van der Waals surface area contributed by atoms with E-state index < -0.39 is 0 Å². The minimum Gasteiger partial charge on any atom is -0.474 e. The Kier molecular flexibility index (Phi) is 5.44. The molecule has 0 spiro atoms. The molecular weight excluding hydrogens is 444 g/mol. The van der Waals surface area contributed by atoms with E-state index in [1.165, 1.54) is 0 Å². The van der Waals surface area contributed by atoms with Crippen molar-refractivity contribution in [3.63, 3.8) is 0 Å². The third-order valence-corrected chi connectivity index (χ3v) is 5.34. The van der Waals surface area contributed by atoms with Gasteiger partial charge in [-0.25, -0.2) is 9.98 Å². The van der Waals surface area contributed by atoms with Gasteiger partial charge in [-0.3, -0.25) is 0 Å². The molecule has 3 nitrogen and oxygen atoms in total. The van der Waals surface area contributed by atoms with Gasteiger partial charge in [-0.15, -0.1) is 0 Å². The van der Waals surface area contributed by atoms with Gasteiger partial charge in [-0.2, -0.15) is 0 Å². The van der Waals surface area contributed by atoms with Crippen LogP contribution in [-0.2, 0) is 4.74 Å². The van der Waals surface area contributed by atoms with Crippen molar-refractivity contribution in [3.05, 3.63) is 63.0 Å². The Bertz CT molecular complexity index is 803. The van der Waals surface area contributed by atoms with Gasteiger partial charge in [0.25, 0.3) is 0 Å². The lowest BCUT2D eigenvalue weighted by molar-refractivity contribution is 0.237. The number of hydrogen-bond donors (Lipinski definition) is 0. The van der Waals surface area contributed by atoms with Crippen LogP contribution in [0.25, 0.3) is 0 Å². The number of rotatable bonds is 3. The second kappa shape index (κ2) is 7.42. The fourth-order valence-electron chi connectivity index (χ4n) is 2.49. The van der Waals surface area contributed by atoms with E-state index >= 15 is 0 Å². The monoisotopic (exact) mass is 462 g/mol. The molecule has 130 valence electrons. The fraction of sp³-hybridized carbons (Fsp3) is 0.300. The third-order valence-electron chi connectivity index (χ3n) is 4.06. The largest absolute Gasteiger partial charge is 0.474 e. The minimum absolute atomic E-state index is 0.0530. The molecule has 5 heteroatoms. The van der Waals surface area contributed by atoms with E-state index in [2.05, 4.69) is 52.6 Å². The fourth-order valence-corrected chi connectivity index (χ4v) is 3.66. The summed E-state index contributed by atoms with van der Waals surface area (Å²) < 4.78 is 7.78. The van der Waals surface area contributed by atoms with E-state index in [1.807, 2.05) is 48.5 Å². The molecule has 1 heterocycles. The van der Waals surface area contributed by atoms with Crippen LogP contribution >= 0.6 is 31.9 Å². The molecule has 25 heavy (non-hydrogen) atoms. The maximum Gasteiger partial charge on any atom is 0.236 e. The summed E-state index contributed by atoms with van der Waals surface area (Å²) >= 11 is 7.17. The van der Waals surface area contributed by atoms with Crippen molar-refractivity contribution in [2.75, 3.05) is 6.61 Å². The van der Waals surface area contributed by atoms with Crippen molar-refractivity contribution in [1.82, 2.24) is 0 Å². The highest BCUT2D eigenvalue weighted by molar-refractivity contribution is 9.11. The Morgan fingerprint density at radius 3 is 2.24 bits per heavy atom. The number of ether oxygens (including phenoxy) is 1. The molecule has 0 fully saturated rings. The first-order valence-corrected chi connectivity index (χ1v) is 9.74. The van der Waals surface area contributed by atoms with Crippen LogP contribution in [0.4, 0.5) is 5.69 Å². The molecule has 0 aliphatic carbocycles. The number of nitrogens with zero attached hydrogens (tertiary/aromatic N) is 2. The number of aliphatic imine (C=N–C) groups is 2. The van der Waals surface area contributed by atoms with Crippen LogP contribution < -0.4 is 0 Å². The van der Waals surface area contributed by atoms with Crippen molar-refractivity contribution in [2.24, 2.45) is 15.4 Å². The van der Waals surface area contributed by atoms with Gasteiger partial charge in [-0.05, 0) is 49.4 Å². The van der Waals surface area contributed by atoms with Crippen LogP contribution in [0.3, 0.4) is 0 Å². The van der Waals surface area contributed by atoms with E-state index in [-0.39, 0.29) is 11.5 Å². The maximum atomic E-state index is 5.95. The van der Waals surface area contributed by atoms with E-state index in [1.54, 1.807) is 0 Å². The zero-order valence-corrected chi connectivity index (χ0v) is 17.6. The molecule has 1 aliphatic rings. The van der Waals surface area contributed by atoms with Gasteiger partial charge in [0.2, 0.25) is 5.90 Å². The van der Waals surface area contributed by atoms with Crippen molar-refractivity contribution >= 4 is 49.2 Å². The Morgan fingerprint density at radius 1 is 1.04 bits per heavy atom. The predicted octanol–water partition coefficient (Wildman–Crippen LogP) is 6.18. The van der Waals surface area contributed by atoms with Crippen LogP contribution in [0.5, 0.6) is 0 Å². The third kappa shape index (κ3) is 4.21. The lowest BCUT2D eigenvalue weighted by Crippen LogP contribution is -2.25. The summed E-state index contributed by atoms with van der Waals surface area (Å²) in [6, 6.07) is 16.1. The smallest absolute Gasteiger partial charge is 0.236 e. The number of halogens is 2.